The Hall–Kier alpha value is -2.41. The summed E-state index contributed by atoms with van der Waals surface area (Å²) in [6.07, 6.45) is 6.07. The number of hydrogen-bond acceptors (Lipinski definition) is 5. The van der Waals surface area contributed by atoms with Crippen LogP contribution < -0.4 is 10.1 Å². The second kappa shape index (κ2) is 7.08. The Bertz CT molecular complexity index is 1010. The van der Waals surface area contributed by atoms with E-state index in [9.17, 15) is 9.59 Å². The van der Waals surface area contributed by atoms with Crippen LogP contribution in [0.15, 0.2) is 18.2 Å². The molecule has 30 heavy (non-hydrogen) atoms. The Kier molecular flexibility index (Phi) is 4.61. The van der Waals surface area contributed by atoms with Gasteiger partial charge in [-0.05, 0) is 68.2 Å². The van der Waals surface area contributed by atoms with Crippen molar-refractivity contribution in [3.05, 3.63) is 40.4 Å². The van der Waals surface area contributed by atoms with E-state index in [1.807, 2.05) is 17.6 Å². The number of aromatic nitrogens is 3. The molecule has 1 N–H and O–H groups in total. The first-order valence-corrected chi connectivity index (χ1v) is 10.9. The van der Waals surface area contributed by atoms with Crippen LogP contribution in [0, 0.1) is 12.3 Å². The molecule has 1 aromatic carbocycles. The number of benzene rings is 1. The van der Waals surface area contributed by atoms with Gasteiger partial charge in [-0.1, -0.05) is 11.6 Å². The van der Waals surface area contributed by atoms with Crippen molar-refractivity contribution >= 4 is 23.3 Å². The summed E-state index contributed by atoms with van der Waals surface area (Å²) >= 11 is 6.02. The highest BCUT2D eigenvalue weighted by Gasteiger charge is 2.68. The van der Waals surface area contributed by atoms with Crippen LogP contribution >= 0.6 is 11.6 Å². The van der Waals surface area contributed by atoms with Crippen molar-refractivity contribution in [2.75, 3.05) is 6.61 Å². The van der Waals surface area contributed by atoms with Crippen molar-refractivity contribution in [2.45, 2.75) is 64.0 Å². The molecule has 0 spiro atoms. The number of ether oxygens (including phenoxy) is 1. The van der Waals surface area contributed by atoms with Crippen molar-refractivity contribution in [1.29, 1.82) is 0 Å². The van der Waals surface area contributed by atoms with E-state index in [0.717, 1.165) is 56.5 Å². The third kappa shape index (κ3) is 3.39. The quantitative estimate of drug-likeness (QED) is 0.731. The Morgan fingerprint density at radius 3 is 2.80 bits per heavy atom. The van der Waals surface area contributed by atoms with E-state index in [2.05, 4.69) is 15.5 Å². The summed E-state index contributed by atoms with van der Waals surface area (Å²) < 4.78 is 7.57. The zero-order valence-corrected chi connectivity index (χ0v) is 17.8. The lowest BCUT2D eigenvalue weighted by molar-refractivity contribution is -0.162. The molecule has 0 radical (unpaired) electrons. The molecule has 1 amide bonds. The summed E-state index contributed by atoms with van der Waals surface area (Å²) in [4.78, 5) is 25.1. The van der Waals surface area contributed by atoms with E-state index in [1.54, 1.807) is 12.1 Å². The lowest BCUT2D eigenvalue weighted by Gasteiger charge is -2.70. The molecule has 3 fully saturated rings. The smallest absolute Gasteiger partial charge is 0.289 e. The monoisotopic (exact) mass is 428 g/mol. The van der Waals surface area contributed by atoms with E-state index >= 15 is 0 Å². The number of amides is 1. The number of ketones is 1. The number of hydrogen-bond donors (Lipinski definition) is 1. The molecule has 3 saturated carbocycles. The largest absolute Gasteiger partial charge is 0.486 e. The number of aryl methyl sites for hydroxylation is 2. The number of carbonyl (C=O) groups excluding carboxylic acids is 2. The Morgan fingerprint density at radius 1 is 1.23 bits per heavy atom. The van der Waals surface area contributed by atoms with Crippen molar-refractivity contribution in [2.24, 2.45) is 5.41 Å². The Morgan fingerprint density at radius 2 is 2.03 bits per heavy atom. The fourth-order valence-electron chi connectivity index (χ4n) is 5.43. The molecule has 0 unspecified atom stereocenters. The first-order valence-electron chi connectivity index (χ1n) is 10.5. The first kappa shape index (κ1) is 19.5. The molecule has 6 rings (SSSR count). The standard InChI is InChI=1S/C22H25ClN4O3/c1-14-8-16(5-6-17(14)23)30-10-15(28)9-21-11-22(12-21,13-21)24-20(29)19-26-25-18-4-2-3-7-27(18)19/h5-6,8H,2-4,7,9-13H2,1H3,(H,24,29). The van der Waals surface area contributed by atoms with Gasteiger partial charge < -0.3 is 14.6 Å². The molecule has 7 nitrogen and oxygen atoms in total. The van der Waals surface area contributed by atoms with Gasteiger partial charge in [-0.15, -0.1) is 10.2 Å². The van der Waals surface area contributed by atoms with E-state index in [1.165, 1.54) is 0 Å². The Labute approximate surface area is 180 Å². The minimum Gasteiger partial charge on any atom is -0.486 e. The van der Waals surface area contributed by atoms with Gasteiger partial charge in [0.05, 0.1) is 0 Å². The molecule has 1 aliphatic heterocycles. The number of halogens is 1. The summed E-state index contributed by atoms with van der Waals surface area (Å²) in [5, 5.41) is 12.1. The van der Waals surface area contributed by atoms with Crippen LogP contribution in [-0.2, 0) is 17.8 Å². The van der Waals surface area contributed by atoms with Gasteiger partial charge in [-0.2, -0.15) is 0 Å². The van der Waals surface area contributed by atoms with Crippen molar-refractivity contribution in [3.63, 3.8) is 0 Å². The van der Waals surface area contributed by atoms with Crippen LogP contribution in [0.25, 0.3) is 0 Å². The first-order chi connectivity index (χ1) is 14.4. The lowest BCUT2D eigenvalue weighted by Crippen LogP contribution is -2.75. The number of Topliss-reactive ketones (excluding diaryl/α,β-unsaturated/α-hetero) is 1. The van der Waals surface area contributed by atoms with Crippen LogP contribution in [-0.4, -0.2) is 38.6 Å². The molecule has 3 aliphatic carbocycles. The van der Waals surface area contributed by atoms with Gasteiger partial charge >= 0.3 is 0 Å². The van der Waals surface area contributed by atoms with E-state index in [4.69, 9.17) is 16.3 Å². The zero-order chi connectivity index (χ0) is 20.9. The summed E-state index contributed by atoms with van der Waals surface area (Å²) in [7, 11) is 0. The van der Waals surface area contributed by atoms with Crippen LogP contribution in [0.2, 0.25) is 5.02 Å². The predicted octanol–water partition coefficient (Wildman–Crippen LogP) is 3.27. The molecule has 158 valence electrons. The van der Waals surface area contributed by atoms with Gasteiger partial charge in [0.15, 0.2) is 5.78 Å². The Balaban J connectivity index is 1.11. The maximum Gasteiger partial charge on any atom is 0.289 e. The summed E-state index contributed by atoms with van der Waals surface area (Å²) in [5.41, 5.74) is 0.771. The number of nitrogens with zero attached hydrogens (tertiary/aromatic N) is 3. The summed E-state index contributed by atoms with van der Waals surface area (Å²) in [6, 6.07) is 5.39. The fourth-order valence-corrected chi connectivity index (χ4v) is 5.55. The fraction of sp³-hybridized carbons (Fsp3) is 0.545. The summed E-state index contributed by atoms with van der Waals surface area (Å²) in [6.45, 7) is 2.78. The average Bonchev–Trinajstić information content (AvgIpc) is 3.10. The van der Waals surface area contributed by atoms with Crippen LogP contribution in [0.4, 0.5) is 0 Å². The average molecular weight is 429 g/mol. The molecule has 2 bridgehead atoms. The normalized spacial score (nSPS) is 26.2. The maximum absolute atomic E-state index is 12.7. The molecule has 0 saturated heterocycles. The number of rotatable bonds is 7. The van der Waals surface area contributed by atoms with Crippen LogP contribution in [0.1, 0.15) is 60.5 Å². The number of nitrogens with one attached hydrogen (secondary N) is 1. The highest BCUT2D eigenvalue weighted by Crippen LogP contribution is 2.69. The second-order valence-electron chi connectivity index (χ2n) is 9.23. The van der Waals surface area contributed by atoms with Gasteiger partial charge in [0.25, 0.3) is 5.91 Å². The summed E-state index contributed by atoms with van der Waals surface area (Å²) in [5.74, 6) is 1.93. The molecule has 8 heteroatoms. The molecule has 2 heterocycles. The minimum atomic E-state index is -0.174. The highest BCUT2D eigenvalue weighted by molar-refractivity contribution is 6.31. The molecular weight excluding hydrogens is 404 g/mol. The van der Waals surface area contributed by atoms with Crippen LogP contribution in [0.3, 0.4) is 0 Å². The third-order valence-electron chi connectivity index (χ3n) is 6.68. The molecular formula is C22H25ClN4O3. The molecule has 4 aliphatic rings. The lowest BCUT2D eigenvalue weighted by atomic mass is 9.38. The number of carbonyl (C=O) groups is 2. The third-order valence-corrected chi connectivity index (χ3v) is 7.11. The van der Waals surface area contributed by atoms with Gasteiger partial charge in [0.1, 0.15) is 18.2 Å². The van der Waals surface area contributed by atoms with Gasteiger partial charge in [-0.25, -0.2) is 0 Å². The molecule has 1 aromatic heterocycles. The van der Waals surface area contributed by atoms with E-state index in [-0.39, 0.29) is 29.3 Å². The number of fused-ring (bicyclic) bond motifs is 1. The topological polar surface area (TPSA) is 86.1 Å². The SMILES string of the molecule is Cc1cc(OCC(=O)CC23CC(NC(=O)c4nnc5n4CCCC5)(C2)C3)ccc1Cl. The van der Waals surface area contributed by atoms with Gasteiger partial charge in [-0.3, -0.25) is 9.59 Å². The zero-order valence-electron chi connectivity index (χ0n) is 17.0. The van der Waals surface area contributed by atoms with E-state index in [0.29, 0.717) is 23.0 Å². The maximum atomic E-state index is 12.7. The van der Waals surface area contributed by atoms with Crippen molar-refractivity contribution < 1.29 is 14.3 Å². The van der Waals surface area contributed by atoms with Gasteiger partial charge in [0, 0.05) is 29.9 Å². The highest BCUT2D eigenvalue weighted by atomic mass is 35.5. The minimum absolute atomic E-state index is 0.0217. The van der Waals surface area contributed by atoms with Crippen molar-refractivity contribution in [3.8, 4) is 5.75 Å². The molecule has 2 aromatic rings. The van der Waals surface area contributed by atoms with E-state index < -0.39 is 0 Å². The predicted molar refractivity (Wildman–Crippen MR) is 111 cm³/mol. The van der Waals surface area contributed by atoms with Crippen molar-refractivity contribution in [1.82, 2.24) is 20.1 Å². The van der Waals surface area contributed by atoms with Gasteiger partial charge in [0.2, 0.25) is 5.82 Å². The molecule has 0 atom stereocenters. The second-order valence-corrected chi connectivity index (χ2v) is 9.64. The van der Waals surface area contributed by atoms with Crippen LogP contribution in [0.5, 0.6) is 5.75 Å².